The first kappa shape index (κ1) is 14.2. The van der Waals surface area contributed by atoms with Gasteiger partial charge >= 0.3 is 92.6 Å². The van der Waals surface area contributed by atoms with Gasteiger partial charge in [0.2, 0.25) is 0 Å². The van der Waals surface area contributed by atoms with E-state index in [1.54, 1.807) is 0 Å². The Hall–Kier alpha value is -0.767. The Kier molecular flexibility index (Phi) is 5.65. The van der Waals surface area contributed by atoms with Crippen LogP contribution in [0.15, 0.2) is 30.3 Å². The largest absolute Gasteiger partial charge is 0.412 e. The van der Waals surface area contributed by atoms with Gasteiger partial charge in [-0.1, -0.05) is 0 Å². The molecule has 2 aromatic rings. The summed E-state index contributed by atoms with van der Waals surface area (Å²) in [7, 11) is 0. The zero-order chi connectivity index (χ0) is 9.26. The molecule has 1 heterocycles. The summed E-state index contributed by atoms with van der Waals surface area (Å²) in [5.74, 6) is 0.884. The molecular formula is C10H12BiNO3. The average molecular weight is 403 g/mol. The summed E-state index contributed by atoms with van der Waals surface area (Å²) in [5.41, 5.74) is 1.99. The molecule has 0 aliphatic heterocycles. The Balaban J connectivity index is 0.000000980. The van der Waals surface area contributed by atoms with Gasteiger partial charge in [-0.2, -0.15) is 0 Å². The van der Waals surface area contributed by atoms with Crippen LogP contribution >= 0.6 is 0 Å². The van der Waals surface area contributed by atoms with E-state index in [0.717, 1.165) is 47.5 Å². The molecule has 0 unspecified atom stereocenters. The Morgan fingerprint density at radius 3 is 2.53 bits per heavy atom. The quantitative estimate of drug-likeness (QED) is 0.644. The number of hydrogen-bond donors (Lipinski definition) is 0. The smallest absolute Gasteiger partial charge is 0.412 e. The third kappa shape index (κ3) is 2.84. The van der Waals surface area contributed by atoms with E-state index in [0.29, 0.717) is 0 Å². The van der Waals surface area contributed by atoms with Gasteiger partial charge in [0.1, 0.15) is 0 Å². The standard InChI is InChI=1S/C10H9NO.Bi.2H2O/c1-7-5-6-8-3-2-4-9(12)10(8)11-7;;;/h2-6,12H,1H3;;2*1H2/q;+1;;/p-1. The van der Waals surface area contributed by atoms with Crippen molar-refractivity contribution in [2.45, 2.75) is 6.92 Å². The first-order valence-corrected chi connectivity index (χ1v) is 5.41. The third-order valence-electron chi connectivity index (χ3n) is 1.92. The number of fused-ring (bicyclic) bond motifs is 1. The first-order valence-electron chi connectivity index (χ1n) is 3.99. The Labute approximate surface area is 103 Å². The van der Waals surface area contributed by atoms with Gasteiger partial charge in [0.05, 0.1) is 0 Å². The number of rotatable bonds is 1. The van der Waals surface area contributed by atoms with Crippen LogP contribution in [0.3, 0.4) is 0 Å². The third-order valence-corrected chi connectivity index (χ3v) is 2.69. The molecule has 0 aliphatic carbocycles. The minimum atomic E-state index is 0. The molecule has 1 aromatic carbocycles. The molecule has 5 heteroatoms. The van der Waals surface area contributed by atoms with Gasteiger partial charge in [-0.25, -0.2) is 0 Å². The second-order valence-corrected chi connectivity index (χ2v) is 3.58. The van der Waals surface area contributed by atoms with E-state index in [9.17, 15) is 0 Å². The van der Waals surface area contributed by atoms with Crippen LogP contribution in [0.4, 0.5) is 0 Å². The van der Waals surface area contributed by atoms with Crippen LogP contribution in [0.5, 0.6) is 5.75 Å². The van der Waals surface area contributed by atoms with Gasteiger partial charge in [0, 0.05) is 0 Å². The van der Waals surface area contributed by atoms with Crippen molar-refractivity contribution in [1.82, 2.24) is 4.98 Å². The fourth-order valence-electron chi connectivity index (χ4n) is 1.29. The van der Waals surface area contributed by atoms with Crippen molar-refractivity contribution in [3.05, 3.63) is 36.0 Å². The van der Waals surface area contributed by atoms with E-state index >= 15 is 0 Å². The topological polar surface area (TPSA) is 85.1 Å². The molecule has 4 nitrogen and oxygen atoms in total. The maximum atomic E-state index is 5.33. The van der Waals surface area contributed by atoms with Crippen molar-refractivity contribution in [3.8, 4) is 5.75 Å². The Bertz CT molecular complexity index is 448. The predicted octanol–water partition coefficient (Wildman–Crippen LogP) is 0.356. The molecule has 0 amide bonds. The summed E-state index contributed by atoms with van der Waals surface area (Å²) < 4.78 is 5.33. The number of pyridine rings is 1. The normalized spacial score (nSPS) is 8.93. The molecule has 0 fully saturated rings. The SMILES string of the molecule is Cc1ccc2cccc([O][Bi])c2n1.O.O. The molecule has 2 rings (SSSR count). The van der Waals surface area contributed by atoms with E-state index in [-0.39, 0.29) is 11.0 Å². The van der Waals surface area contributed by atoms with Crippen molar-refractivity contribution in [1.29, 1.82) is 0 Å². The fourth-order valence-corrected chi connectivity index (χ4v) is 1.86. The number of para-hydroxylation sites is 1. The summed E-state index contributed by atoms with van der Waals surface area (Å²) >= 11 is 0.896. The summed E-state index contributed by atoms with van der Waals surface area (Å²) in [5, 5.41) is 1.13. The Morgan fingerprint density at radius 2 is 1.87 bits per heavy atom. The molecule has 0 atom stereocenters. The summed E-state index contributed by atoms with van der Waals surface area (Å²) in [6.07, 6.45) is 0. The monoisotopic (exact) mass is 403 g/mol. The number of aromatic nitrogens is 1. The van der Waals surface area contributed by atoms with Gasteiger partial charge < -0.3 is 11.0 Å². The molecular weight excluding hydrogens is 391 g/mol. The first-order chi connectivity index (χ1) is 6.31. The van der Waals surface area contributed by atoms with Crippen LogP contribution < -0.4 is 2.81 Å². The van der Waals surface area contributed by atoms with Crippen molar-refractivity contribution in [3.63, 3.8) is 0 Å². The van der Waals surface area contributed by atoms with Gasteiger partial charge in [-0.3, -0.25) is 0 Å². The molecule has 4 N–H and O–H groups in total. The van der Waals surface area contributed by atoms with Crippen LogP contribution in [0.25, 0.3) is 10.9 Å². The molecule has 2 radical (unpaired) electrons. The predicted molar refractivity (Wildman–Crippen MR) is 60.1 cm³/mol. The molecule has 15 heavy (non-hydrogen) atoms. The van der Waals surface area contributed by atoms with Gasteiger partial charge in [0.25, 0.3) is 0 Å². The van der Waals surface area contributed by atoms with Crippen molar-refractivity contribution < 1.29 is 13.8 Å². The summed E-state index contributed by atoms with van der Waals surface area (Å²) in [6.45, 7) is 1.99. The summed E-state index contributed by atoms with van der Waals surface area (Å²) in [6, 6.07) is 10.1. The number of aryl methyl sites for hydroxylation is 1. The minimum absolute atomic E-state index is 0. The molecule has 0 spiro atoms. The molecule has 0 saturated heterocycles. The number of benzene rings is 1. The van der Waals surface area contributed by atoms with Gasteiger partial charge in [-0.05, 0) is 0 Å². The van der Waals surface area contributed by atoms with Crippen LogP contribution in [0.1, 0.15) is 5.69 Å². The maximum Gasteiger partial charge on any atom is -0.412 e. The van der Waals surface area contributed by atoms with Crippen LogP contribution in [-0.2, 0) is 0 Å². The zero-order valence-corrected chi connectivity index (χ0v) is 11.7. The van der Waals surface area contributed by atoms with E-state index in [4.69, 9.17) is 2.81 Å². The van der Waals surface area contributed by atoms with E-state index < -0.39 is 0 Å². The number of hydrogen-bond acceptors (Lipinski definition) is 2. The summed E-state index contributed by atoms with van der Waals surface area (Å²) in [4.78, 5) is 4.44. The molecule has 1 aromatic heterocycles. The molecule has 0 bridgehead atoms. The van der Waals surface area contributed by atoms with E-state index in [1.165, 1.54) is 0 Å². The molecule has 0 aliphatic rings. The van der Waals surface area contributed by atoms with Crippen LogP contribution in [0.2, 0.25) is 0 Å². The zero-order valence-electron chi connectivity index (χ0n) is 8.19. The van der Waals surface area contributed by atoms with E-state index in [1.807, 2.05) is 31.2 Å². The van der Waals surface area contributed by atoms with Crippen LogP contribution in [-0.4, -0.2) is 41.1 Å². The van der Waals surface area contributed by atoms with Crippen molar-refractivity contribution >= 4 is 36.1 Å². The fraction of sp³-hybridized carbons (Fsp3) is 0.100. The Morgan fingerprint density at radius 1 is 1.13 bits per heavy atom. The van der Waals surface area contributed by atoms with Crippen LogP contribution in [0, 0.1) is 6.92 Å². The molecule has 80 valence electrons. The average Bonchev–Trinajstić information content (AvgIpc) is 2.17. The van der Waals surface area contributed by atoms with Gasteiger partial charge in [-0.15, -0.1) is 0 Å². The second-order valence-electron chi connectivity index (χ2n) is 2.87. The minimum Gasteiger partial charge on any atom is -0.412 e. The maximum absolute atomic E-state index is 5.33. The van der Waals surface area contributed by atoms with E-state index in [2.05, 4.69) is 11.1 Å². The second kappa shape index (κ2) is 5.96. The van der Waals surface area contributed by atoms with Crippen molar-refractivity contribution in [2.75, 3.05) is 0 Å². The van der Waals surface area contributed by atoms with Crippen molar-refractivity contribution in [2.24, 2.45) is 0 Å². The van der Waals surface area contributed by atoms with Gasteiger partial charge in [0.15, 0.2) is 0 Å². The molecule has 0 saturated carbocycles. The number of nitrogens with zero attached hydrogens (tertiary/aromatic N) is 1.